The number of hydrogen-bond donors (Lipinski definition) is 0. The minimum absolute atomic E-state index is 0.0142. The van der Waals surface area contributed by atoms with Gasteiger partial charge in [-0.1, -0.05) is 181 Å². The van der Waals surface area contributed by atoms with E-state index in [0.717, 1.165) is 89.9 Å². The highest BCUT2D eigenvalue weighted by atomic mass is 16.6. The van der Waals surface area contributed by atoms with Gasteiger partial charge < -0.3 is 28.6 Å². The molecule has 2 atom stereocenters. The van der Waals surface area contributed by atoms with Crippen LogP contribution in [0, 0.1) is 0 Å². The van der Waals surface area contributed by atoms with Crippen molar-refractivity contribution in [2.24, 2.45) is 0 Å². The number of ether oxygens (including phenoxy) is 3. The zero-order valence-electron chi connectivity index (χ0n) is 43.3. The first-order chi connectivity index (χ1) is 32.6. The van der Waals surface area contributed by atoms with Gasteiger partial charge in [0.15, 0.2) is 6.10 Å². The third-order valence-electron chi connectivity index (χ3n) is 11.1. The van der Waals surface area contributed by atoms with Crippen molar-refractivity contribution < 1.29 is 38.2 Å². The second-order valence-electron chi connectivity index (χ2n) is 18.4. The molecule has 0 saturated heterocycles. The summed E-state index contributed by atoms with van der Waals surface area (Å²) < 4.78 is 17.2. The molecule has 2 unspecified atom stereocenters. The second-order valence-corrected chi connectivity index (χ2v) is 18.4. The lowest BCUT2D eigenvalue weighted by molar-refractivity contribution is -0.889. The average Bonchev–Trinajstić information content (AvgIpc) is 3.29. The van der Waals surface area contributed by atoms with Crippen LogP contribution in [0.2, 0.25) is 0 Å². The van der Waals surface area contributed by atoms with Gasteiger partial charge in [-0.15, -0.1) is 0 Å². The largest absolute Gasteiger partial charge is 0.544 e. The second kappa shape index (κ2) is 48.4. The molecule has 0 radical (unpaired) electrons. The number of nitrogens with zero attached hydrogens (tertiary/aromatic N) is 1. The van der Waals surface area contributed by atoms with E-state index in [0.29, 0.717) is 12.8 Å². The first-order valence-corrected chi connectivity index (χ1v) is 26.4. The van der Waals surface area contributed by atoms with E-state index in [4.69, 9.17) is 14.2 Å². The predicted octanol–water partition coefficient (Wildman–Crippen LogP) is 14.3. The van der Waals surface area contributed by atoms with E-state index >= 15 is 0 Å². The molecule has 67 heavy (non-hydrogen) atoms. The molecule has 8 heteroatoms. The van der Waals surface area contributed by atoms with Gasteiger partial charge in [0.2, 0.25) is 0 Å². The summed E-state index contributed by atoms with van der Waals surface area (Å²) in [5.74, 6) is -1.81. The summed E-state index contributed by atoms with van der Waals surface area (Å²) in [6.45, 7) is 4.46. The van der Waals surface area contributed by atoms with Crippen LogP contribution in [0.1, 0.15) is 194 Å². The Kier molecular flexibility index (Phi) is 45.5. The van der Waals surface area contributed by atoms with Crippen molar-refractivity contribution in [3.63, 3.8) is 0 Å². The summed E-state index contributed by atoms with van der Waals surface area (Å²) in [6.07, 6.45) is 66.9. The maximum atomic E-state index is 12.8. The topological polar surface area (TPSA) is 102 Å². The van der Waals surface area contributed by atoms with Gasteiger partial charge in [-0.3, -0.25) is 9.59 Å². The molecule has 0 fully saturated rings. The van der Waals surface area contributed by atoms with E-state index in [9.17, 15) is 19.5 Å². The number of rotatable bonds is 46. The molecule has 0 amide bonds. The molecule has 8 nitrogen and oxygen atoms in total. The molecule has 380 valence electrons. The molecule has 0 aliphatic heterocycles. The van der Waals surface area contributed by atoms with Crippen LogP contribution in [0.25, 0.3) is 0 Å². The van der Waals surface area contributed by atoms with Crippen LogP contribution < -0.4 is 5.11 Å². The van der Waals surface area contributed by atoms with Gasteiger partial charge in [0.1, 0.15) is 12.6 Å². The van der Waals surface area contributed by atoms with Gasteiger partial charge in [0, 0.05) is 19.3 Å². The molecule has 0 N–H and O–H groups in total. The smallest absolute Gasteiger partial charge is 0.306 e. The van der Waals surface area contributed by atoms with E-state index in [-0.39, 0.29) is 49.1 Å². The van der Waals surface area contributed by atoms with E-state index < -0.39 is 18.1 Å². The Bertz CT molecular complexity index is 1460. The minimum atomic E-state index is -1.14. The number of carbonyl (C=O) groups is 3. The predicted molar refractivity (Wildman–Crippen MR) is 281 cm³/mol. The number of carboxylic acids is 1. The number of aliphatic carboxylic acids is 1. The number of hydrogen-bond acceptors (Lipinski definition) is 7. The van der Waals surface area contributed by atoms with Crippen LogP contribution in [-0.4, -0.2) is 75.5 Å². The van der Waals surface area contributed by atoms with Crippen molar-refractivity contribution in [1.82, 2.24) is 0 Å². The highest BCUT2D eigenvalue weighted by Crippen LogP contribution is 2.14. The molecular formula is C59H97NO7. The van der Waals surface area contributed by atoms with Crippen LogP contribution >= 0.6 is 0 Å². The molecule has 0 aromatic rings. The van der Waals surface area contributed by atoms with Gasteiger partial charge in [0.05, 0.1) is 40.3 Å². The standard InChI is InChI=1S/C59H97NO7/c1-6-8-10-12-14-16-18-20-22-24-26-28-30-31-33-35-37-39-41-43-45-47-49-57(61)66-54-55(53-65-52-51-56(59(63)64)60(3,4)5)67-58(62)50-48-46-44-42-40-38-36-34-32-29-27-25-23-21-19-17-15-13-11-9-7-2/h9,11,14-17,20-23,26-29,34,36,40,42,55-56H,6-8,10,12-13,18-19,24-25,30-33,35,37-39,41,43-54H2,1-5H3/b11-9+,16-14+,17-15+,22-20+,23-21+,28-26+,29-27+,36-34+,42-40+. The lowest BCUT2D eigenvalue weighted by Gasteiger charge is -2.34. The van der Waals surface area contributed by atoms with E-state index in [2.05, 4.69) is 123 Å². The summed E-state index contributed by atoms with van der Waals surface area (Å²) in [5, 5.41) is 11.7. The molecule has 0 spiro atoms. The molecule has 0 aromatic carbocycles. The maximum absolute atomic E-state index is 12.8. The average molecular weight is 932 g/mol. The fraction of sp³-hybridized carbons (Fsp3) is 0.644. The highest BCUT2D eigenvalue weighted by molar-refractivity contribution is 5.70. The molecule has 0 aliphatic carbocycles. The Labute approximate surface area is 410 Å². The Balaban J connectivity index is 4.35. The quantitative estimate of drug-likeness (QED) is 0.0259. The van der Waals surface area contributed by atoms with Crippen molar-refractivity contribution in [3.8, 4) is 0 Å². The summed E-state index contributed by atoms with van der Waals surface area (Å²) in [6, 6.07) is -0.742. The number of allylic oxidation sites excluding steroid dienone is 18. The fourth-order valence-electron chi connectivity index (χ4n) is 7.08. The van der Waals surface area contributed by atoms with Crippen molar-refractivity contribution >= 4 is 17.9 Å². The van der Waals surface area contributed by atoms with Crippen LogP contribution in [-0.2, 0) is 28.6 Å². The summed E-state index contributed by atoms with van der Waals surface area (Å²) in [4.78, 5) is 37.1. The summed E-state index contributed by atoms with van der Waals surface area (Å²) in [5.41, 5.74) is 0. The highest BCUT2D eigenvalue weighted by Gasteiger charge is 2.25. The first-order valence-electron chi connectivity index (χ1n) is 26.4. The maximum Gasteiger partial charge on any atom is 0.306 e. The summed E-state index contributed by atoms with van der Waals surface area (Å²) >= 11 is 0. The van der Waals surface area contributed by atoms with Gasteiger partial charge >= 0.3 is 11.9 Å². The monoisotopic (exact) mass is 932 g/mol. The van der Waals surface area contributed by atoms with Crippen molar-refractivity contribution in [3.05, 3.63) is 109 Å². The Morgan fingerprint density at radius 3 is 1.27 bits per heavy atom. The van der Waals surface area contributed by atoms with Crippen LogP contribution in [0.3, 0.4) is 0 Å². The lowest BCUT2D eigenvalue weighted by atomic mass is 10.1. The van der Waals surface area contributed by atoms with Gasteiger partial charge in [-0.2, -0.15) is 0 Å². The SMILES string of the molecule is CC/C=C/C/C=C/C/C=C/C/C=C/C/C=C/C/C=C/CCCCC(=O)OC(COCCC(C(=O)[O-])[N+](C)(C)C)COC(=O)CCCCCCCCCCC/C=C/C/C=C/C/C=C/CCCCC. The lowest BCUT2D eigenvalue weighted by Crippen LogP contribution is -2.55. The van der Waals surface area contributed by atoms with Crippen LogP contribution in [0.5, 0.6) is 0 Å². The Morgan fingerprint density at radius 1 is 0.463 bits per heavy atom. The number of likely N-dealkylation sites (N-methyl/N-ethyl adjacent to an activating group) is 1. The van der Waals surface area contributed by atoms with Gasteiger partial charge in [-0.05, 0) is 103 Å². The van der Waals surface area contributed by atoms with Crippen LogP contribution in [0.15, 0.2) is 109 Å². The molecule has 0 bridgehead atoms. The van der Waals surface area contributed by atoms with E-state index in [1.165, 1.54) is 64.2 Å². The number of unbranched alkanes of at least 4 members (excludes halogenated alkanes) is 14. The third kappa shape index (κ3) is 46.9. The van der Waals surface area contributed by atoms with Crippen molar-refractivity contribution in [2.45, 2.75) is 206 Å². The molecular weight excluding hydrogens is 835 g/mol. The molecule has 0 aromatic heterocycles. The van der Waals surface area contributed by atoms with Gasteiger partial charge in [0.25, 0.3) is 0 Å². The summed E-state index contributed by atoms with van der Waals surface area (Å²) in [7, 11) is 5.39. The molecule has 0 aliphatic rings. The normalized spacial score (nSPS) is 13.7. The zero-order chi connectivity index (χ0) is 49.2. The number of quaternary nitrogens is 1. The Morgan fingerprint density at radius 2 is 0.836 bits per heavy atom. The zero-order valence-corrected chi connectivity index (χ0v) is 43.3. The minimum Gasteiger partial charge on any atom is -0.544 e. The van der Waals surface area contributed by atoms with Crippen LogP contribution in [0.4, 0.5) is 0 Å². The fourth-order valence-corrected chi connectivity index (χ4v) is 7.08. The number of esters is 2. The molecule has 0 rings (SSSR count). The van der Waals surface area contributed by atoms with E-state index in [1.54, 1.807) is 21.1 Å². The Hall–Kier alpha value is -4.01. The molecule has 0 saturated carbocycles. The first kappa shape index (κ1) is 63.0. The number of carbonyl (C=O) groups excluding carboxylic acids is 3. The third-order valence-corrected chi connectivity index (χ3v) is 11.1. The van der Waals surface area contributed by atoms with E-state index in [1.807, 2.05) is 0 Å². The van der Waals surface area contributed by atoms with Crippen molar-refractivity contribution in [2.75, 3.05) is 41.0 Å². The van der Waals surface area contributed by atoms with Gasteiger partial charge in [-0.25, -0.2) is 0 Å². The van der Waals surface area contributed by atoms with Crippen molar-refractivity contribution in [1.29, 1.82) is 0 Å². The molecule has 0 heterocycles. The number of carboxylic acid groups (broad SMARTS) is 1.